The number of methoxy groups -OCH3 is 1. The first-order valence-electron chi connectivity index (χ1n) is 10.2. The molecular weight excluding hydrogens is 444 g/mol. The van der Waals surface area contributed by atoms with Crippen molar-refractivity contribution in [1.29, 1.82) is 0 Å². The molecule has 8 nitrogen and oxygen atoms in total. The van der Waals surface area contributed by atoms with E-state index in [0.717, 1.165) is 6.42 Å². The van der Waals surface area contributed by atoms with E-state index in [4.69, 9.17) is 14.2 Å². The monoisotopic (exact) mass is 468 g/mol. The summed E-state index contributed by atoms with van der Waals surface area (Å²) in [6.07, 6.45) is 2.22. The first-order valence-corrected chi connectivity index (χ1v) is 11.6. The average molecular weight is 469 g/mol. The molecule has 3 aromatic carbocycles. The summed E-state index contributed by atoms with van der Waals surface area (Å²) in [5.41, 5.74) is 0.904. The molecule has 0 aliphatic carbocycles. The lowest BCUT2D eigenvalue weighted by molar-refractivity contribution is 0.0729. The summed E-state index contributed by atoms with van der Waals surface area (Å²) in [6.45, 7) is 2.61. The molecule has 0 bridgehead atoms. The molecule has 0 aliphatic heterocycles. The fourth-order valence-corrected chi connectivity index (χ4v) is 3.55. The minimum atomic E-state index is -3.77. The Balaban J connectivity index is 1.67. The highest BCUT2D eigenvalue weighted by molar-refractivity contribution is 7.89. The number of hydrogen-bond donors (Lipinski definition) is 1. The fraction of sp³-hybridized carbons (Fsp3) is 0.167. The van der Waals surface area contributed by atoms with Crippen LogP contribution in [0.25, 0.3) is 0 Å². The number of sulfonamides is 1. The van der Waals surface area contributed by atoms with Crippen LogP contribution in [0, 0.1) is 0 Å². The lowest BCUT2D eigenvalue weighted by Crippen LogP contribution is -2.18. The highest BCUT2D eigenvalue weighted by Gasteiger charge is 2.14. The molecule has 0 unspecified atom stereocenters. The number of carbonyl (C=O) groups excluding carboxylic acids is 1. The minimum absolute atomic E-state index is 0.104. The van der Waals surface area contributed by atoms with Crippen molar-refractivity contribution in [3.8, 4) is 17.2 Å². The molecule has 0 amide bonds. The Bertz CT molecular complexity index is 1210. The van der Waals surface area contributed by atoms with Crippen LogP contribution in [0.1, 0.15) is 29.3 Å². The molecule has 0 aliphatic rings. The maximum Gasteiger partial charge on any atom is 0.343 e. The molecule has 0 heterocycles. The molecule has 0 atom stereocenters. The lowest BCUT2D eigenvalue weighted by Gasteiger charge is -2.10. The minimum Gasteiger partial charge on any atom is -0.494 e. The molecule has 0 aromatic heterocycles. The van der Waals surface area contributed by atoms with E-state index in [1.165, 1.54) is 25.5 Å². The van der Waals surface area contributed by atoms with Gasteiger partial charge >= 0.3 is 5.97 Å². The molecule has 0 saturated carbocycles. The summed E-state index contributed by atoms with van der Waals surface area (Å²) < 4.78 is 40.7. The van der Waals surface area contributed by atoms with Crippen molar-refractivity contribution in [3.63, 3.8) is 0 Å². The fourth-order valence-electron chi connectivity index (χ4n) is 2.74. The van der Waals surface area contributed by atoms with E-state index in [2.05, 4.69) is 9.93 Å². The van der Waals surface area contributed by atoms with Crippen LogP contribution in [0.4, 0.5) is 0 Å². The molecule has 9 heteroatoms. The number of hydrogen-bond acceptors (Lipinski definition) is 7. The van der Waals surface area contributed by atoms with Crippen molar-refractivity contribution < 1.29 is 27.4 Å². The summed E-state index contributed by atoms with van der Waals surface area (Å²) in [4.78, 5) is 14.7. The van der Waals surface area contributed by atoms with Gasteiger partial charge in [0.25, 0.3) is 10.0 Å². The standard InChI is InChI=1S/C24H24N2O6S/c1-3-15-31-20-12-10-19(11-13-20)24(27)32-22-14-9-18(16-23(22)30-2)17-25-26-33(28,29)21-7-5-4-6-8-21/h4-14,16-17,26H,3,15H2,1-2H3. The predicted molar refractivity (Wildman–Crippen MR) is 125 cm³/mol. The maximum absolute atomic E-state index is 12.5. The molecule has 33 heavy (non-hydrogen) atoms. The van der Waals surface area contributed by atoms with E-state index in [1.54, 1.807) is 60.7 Å². The second-order valence-electron chi connectivity index (χ2n) is 6.84. The summed E-state index contributed by atoms with van der Waals surface area (Å²) >= 11 is 0. The number of carbonyl (C=O) groups is 1. The summed E-state index contributed by atoms with van der Waals surface area (Å²) in [5.74, 6) is 0.641. The van der Waals surface area contributed by atoms with Gasteiger partial charge in [-0.15, -0.1) is 0 Å². The van der Waals surface area contributed by atoms with Crippen molar-refractivity contribution in [3.05, 3.63) is 83.9 Å². The van der Waals surface area contributed by atoms with Crippen molar-refractivity contribution in [2.75, 3.05) is 13.7 Å². The van der Waals surface area contributed by atoms with Crippen molar-refractivity contribution in [1.82, 2.24) is 4.83 Å². The van der Waals surface area contributed by atoms with Gasteiger partial charge in [-0.3, -0.25) is 0 Å². The van der Waals surface area contributed by atoms with Gasteiger partial charge in [0, 0.05) is 0 Å². The zero-order valence-corrected chi connectivity index (χ0v) is 19.0. The largest absolute Gasteiger partial charge is 0.494 e. The van der Waals surface area contributed by atoms with E-state index >= 15 is 0 Å². The van der Waals surface area contributed by atoms with E-state index in [-0.39, 0.29) is 10.6 Å². The Morgan fingerprint density at radius 1 is 1.00 bits per heavy atom. The molecule has 172 valence electrons. The second-order valence-corrected chi connectivity index (χ2v) is 8.50. The summed E-state index contributed by atoms with van der Waals surface area (Å²) in [7, 11) is -2.33. The van der Waals surface area contributed by atoms with Crippen LogP contribution in [0.2, 0.25) is 0 Å². The van der Waals surface area contributed by atoms with Crippen LogP contribution in [-0.4, -0.2) is 34.3 Å². The van der Waals surface area contributed by atoms with Gasteiger partial charge in [0.2, 0.25) is 0 Å². The summed E-state index contributed by atoms with van der Waals surface area (Å²) in [6, 6.07) is 19.3. The number of nitrogens with zero attached hydrogens (tertiary/aromatic N) is 1. The molecule has 3 rings (SSSR count). The first-order chi connectivity index (χ1) is 15.9. The van der Waals surface area contributed by atoms with E-state index in [9.17, 15) is 13.2 Å². The number of rotatable bonds is 10. The quantitative estimate of drug-likeness (QED) is 0.209. The van der Waals surface area contributed by atoms with Crippen molar-refractivity contribution in [2.24, 2.45) is 5.10 Å². The third kappa shape index (κ3) is 6.56. The van der Waals surface area contributed by atoms with Gasteiger partial charge in [-0.05, 0) is 66.6 Å². The van der Waals surface area contributed by atoms with Crippen LogP contribution >= 0.6 is 0 Å². The number of benzene rings is 3. The molecule has 0 radical (unpaired) electrons. The summed E-state index contributed by atoms with van der Waals surface area (Å²) in [5, 5.41) is 3.79. The van der Waals surface area contributed by atoms with Gasteiger partial charge in [0.15, 0.2) is 11.5 Å². The maximum atomic E-state index is 12.5. The van der Waals surface area contributed by atoms with Crippen LogP contribution in [0.5, 0.6) is 17.2 Å². The van der Waals surface area contributed by atoms with Gasteiger partial charge in [-0.1, -0.05) is 25.1 Å². The Kier molecular flexibility index (Phi) is 8.04. The molecular formula is C24H24N2O6S. The zero-order chi connectivity index (χ0) is 23.7. The molecule has 1 N–H and O–H groups in total. The van der Waals surface area contributed by atoms with E-state index < -0.39 is 16.0 Å². The predicted octanol–water partition coefficient (Wildman–Crippen LogP) is 4.02. The van der Waals surface area contributed by atoms with Crippen LogP contribution in [0.3, 0.4) is 0 Å². The third-order valence-corrected chi connectivity index (χ3v) is 5.63. The van der Waals surface area contributed by atoms with Gasteiger partial charge in [-0.25, -0.2) is 9.63 Å². The second kappa shape index (κ2) is 11.1. The van der Waals surface area contributed by atoms with Gasteiger partial charge in [-0.2, -0.15) is 13.5 Å². The molecule has 0 fully saturated rings. The Morgan fingerprint density at radius 2 is 1.73 bits per heavy atom. The highest BCUT2D eigenvalue weighted by Crippen LogP contribution is 2.28. The first kappa shape index (κ1) is 23.8. The Hall–Kier alpha value is -3.85. The number of esters is 1. The van der Waals surface area contributed by atoms with Crippen molar-refractivity contribution >= 4 is 22.2 Å². The van der Waals surface area contributed by atoms with E-state index in [1.807, 2.05) is 6.92 Å². The zero-order valence-electron chi connectivity index (χ0n) is 18.2. The topological polar surface area (TPSA) is 103 Å². The van der Waals surface area contributed by atoms with Gasteiger partial charge < -0.3 is 14.2 Å². The molecule has 0 saturated heterocycles. The Morgan fingerprint density at radius 3 is 2.39 bits per heavy atom. The Labute approximate surface area is 192 Å². The van der Waals surface area contributed by atoms with Crippen LogP contribution in [0.15, 0.2) is 82.8 Å². The van der Waals surface area contributed by atoms with Crippen LogP contribution < -0.4 is 19.0 Å². The highest BCUT2D eigenvalue weighted by atomic mass is 32.2. The average Bonchev–Trinajstić information content (AvgIpc) is 2.84. The third-order valence-electron chi connectivity index (χ3n) is 4.39. The number of hydrazone groups is 1. The van der Waals surface area contributed by atoms with Gasteiger partial charge in [0.1, 0.15) is 5.75 Å². The van der Waals surface area contributed by atoms with E-state index in [0.29, 0.717) is 29.2 Å². The SMILES string of the molecule is CCCOc1ccc(C(=O)Oc2ccc(C=NNS(=O)(=O)c3ccccc3)cc2OC)cc1. The van der Waals surface area contributed by atoms with Crippen molar-refractivity contribution in [2.45, 2.75) is 18.2 Å². The smallest absolute Gasteiger partial charge is 0.343 e. The molecule has 3 aromatic rings. The molecule has 0 spiro atoms. The lowest BCUT2D eigenvalue weighted by atomic mass is 10.2. The normalized spacial score (nSPS) is 11.2. The van der Waals surface area contributed by atoms with Gasteiger partial charge in [0.05, 0.1) is 30.4 Å². The number of ether oxygens (including phenoxy) is 3. The van der Waals surface area contributed by atoms with Crippen LogP contribution in [-0.2, 0) is 10.0 Å². The number of nitrogens with one attached hydrogen (secondary N) is 1.